The fourth-order valence-electron chi connectivity index (χ4n) is 3.15. The van der Waals surface area contributed by atoms with Crippen molar-refractivity contribution in [2.75, 3.05) is 19.7 Å². The number of benzene rings is 1. The van der Waals surface area contributed by atoms with Gasteiger partial charge in [-0.3, -0.25) is 4.79 Å². The molecule has 1 aliphatic rings. The van der Waals surface area contributed by atoms with Crippen LogP contribution in [0.1, 0.15) is 45.6 Å². The Hall–Kier alpha value is -1.26. The van der Waals surface area contributed by atoms with E-state index in [-0.39, 0.29) is 18.3 Å². The number of hydrogen-bond acceptors (Lipinski definition) is 3. The molecule has 1 atom stereocenters. The number of hydrogen-bond donors (Lipinski definition) is 2. The quantitative estimate of drug-likeness (QED) is 0.734. The van der Waals surface area contributed by atoms with Crippen LogP contribution >= 0.6 is 12.4 Å². The largest absolute Gasteiger partial charge is 0.493 e. The first-order valence-electron chi connectivity index (χ1n) is 9.23. The van der Waals surface area contributed by atoms with Gasteiger partial charge in [-0.25, -0.2) is 0 Å². The maximum atomic E-state index is 12.2. The highest BCUT2D eigenvalue weighted by Crippen LogP contribution is 2.24. The molecule has 1 fully saturated rings. The average Bonchev–Trinajstić information content (AvgIpc) is 2.59. The first-order valence-corrected chi connectivity index (χ1v) is 9.23. The third-order valence-electron chi connectivity index (χ3n) is 4.67. The molecule has 1 heterocycles. The SMILES string of the molecule is CC(C)COc1cccc(CNC(=O)CC(C)C2CCNCC2)c1.Cl. The highest BCUT2D eigenvalue weighted by atomic mass is 35.5. The summed E-state index contributed by atoms with van der Waals surface area (Å²) >= 11 is 0. The zero-order valence-corrected chi connectivity index (χ0v) is 16.5. The molecule has 1 amide bonds. The molecule has 1 aromatic rings. The van der Waals surface area contributed by atoms with Gasteiger partial charge in [0, 0.05) is 13.0 Å². The zero-order chi connectivity index (χ0) is 17.4. The molecule has 25 heavy (non-hydrogen) atoms. The Morgan fingerprint density at radius 3 is 2.68 bits per heavy atom. The molecule has 2 N–H and O–H groups in total. The molecule has 0 radical (unpaired) electrons. The van der Waals surface area contributed by atoms with Crippen LogP contribution in [0.25, 0.3) is 0 Å². The van der Waals surface area contributed by atoms with E-state index in [9.17, 15) is 4.79 Å². The Balaban J connectivity index is 0.00000312. The van der Waals surface area contributed by atoms with Gasteiger partial charge in [-0.15, -0.1) is 12.4 Å². The monoisotopic (exact) mass is 368 g/mol. The summed E-state index contributed by atoms with van der Waals surface area (Å²) in [5.74, 6) is 2.65. The lowest BCUT2D eigenvalue weighted by molar-refractivity contribution is -0.122. The van der Waals surface area contributed by atoms with Gasteiger partial charge >= 0.3 is 0 Å². The molecule has 1 unspecified atom stereocenters. The minimum atomic E-state index is 0. The Labute approximate surface area is 158 Å². The first kappa shape index (κ1) is 21.8. The summed E-state index contributed by atoms with van der Waals surface area (Å²) in [6, 6.07) is 7.99. The summed E-state index contributed by atoms with van der Waals surface area (Å²) in [6.45, 7) is 9.91. The lowest BCUT2D eigenvalue weighted by Crippen LogP contribution is -2.33. The number of piperidine rings is 1. The van der Waals surface area contributed by atoms with Crippen LogP contribution in [0, 0.1) is 17.8 Å². The van der Waals surface area contributed by atoms with Crippen molar-refractivity contribution in [3.8, 4) is 5.75 Å². The molecule has 0 bridgehead atoms. The van der Waals surface area contributed by atoms with Gasteiger partial charge in [-0.1, -0.05) is 32.9 Å². The second kappa shape index (κ2) is 11.4. The first-order chi connectivity index (χ1) is 11.5. The van der Waals surface area contributed by atoms with E-state index in [1.54, 1.807) is 0 Å². The van der Waals surface area contributed by atoms with E-state index in [1.807, 2.05) is 24.3 Å². The van der Waals surface area contributed by atoms with Crippen LogP contribution in [0.4, 0.5) is 0 Å². The molecule has 0 spiro atoms. The summed E-state index contributed by atoms with van der Waals surface area (Å²) in [5, 5.41) is 6.43. The van der Waals surface area contributed by atoms with Crippen LogP contribution < -0.4 is 15.4 Å². The van der Waals surface area contributed by atoms with Crippen molar-refractivity contribution in [1.82, 2.24) is 10.6 Å². The van der Waals surface area contributed by atoms with Gasteiger partial charge in [0.2, 0.25) is 5.91 Å². The van der Waals surface area contributed by atoms with Crippen LogP contribution in [0.5, 0.6) is 5.75 Å². The fourth-order valence-corrected chi connectivity index (χ4v) is 3.15. The van der Waals surface area contributed by atoms with E-state index in [2.05, 4.69) is 31.4 Å². The number of ether oxygens (including phenoxy) is 1. The van der Waals surface area contributed by atoms with Crippen molar-refractivity contribution in [1.29, 1.82) is 0 Å². The van der Waals surface area contributed by atoms with Crippen LogP contribution in [0.3, 0.4) is 0 Å². The third kappa shape index (κ3) is 8.10. The van der Waals surface area contributed by atoms with Gasteiger partial charge in [-0.2, -0.15) is 0 Å². The van der Waals surface area contributed by atoms with Crippen LogP contribution in [0.15, 0.2) is 24.3 Å². The Morgan fingerprint density at radius 2 is 2.00 bits per heavy atom. The van der Waals surface area contributed by atoms with Gasteiger partial charge in [-0.05, 0) is 61.4 Å². The molecule has 1 saturated heterocycles. The zero-order valence-electron chi connectivity index (χ0n) is 15.7. The normalized spacial score (nSPS) is 16.2. The number of rotatable bonds is 8. The molecule has 1 aliphatic heterocycles. The molecule has 2 rings (SSSR count). The number of carbonyl (C=O) groups excluding carboxylic acids is 1. The lowest BCUT2D eigenvalue weighted by Gasteiger charge is -2.27. The standard InChI is InChI=1S/C20H32N2O2.ClH/c1-15(2)14-24-19-6-4-5-17(12-19)13-22-20(23)11-16(3)18-7-9-21-10-8-18;/h4-6,12,15-16,18,21H,7-11,13-14H2,1-3H3,(H,22,23);1H. The van der Waals surface area contributed by atoms with E-state index >= 15 is 0 Å². The molecular weight excluding hydrogens is 336 g/mol. The Morgan fingerprint density at radius 1 is 1.28 bits per heavy atom. The van der Waals surface area contributed by atoms with Crippen LogP contribution in [0.2, 0.25) is 0 Å². The average molecular weight is 369 g/mol. The predicted octanol–water partition coefficient (Wildman–Crippen LogP) is 3.79. The van der Waals surface area contributed by atoms with E-state index < -0.39 is 0 Å². The van der Waals surface area contributed by atoms with Gasteiger partial charge in [0.25, 0.3) is 0 Å². The molecule has 4 nitrogen and oxygen atoms in total. The van der Waals surface area contributed by atoms with Crippen molar-refractivity contribution < 1.29 is 9.53 Å². The highest BCUT2D eigenvalue weighted by molar-refractivity contribution is 5.85. The Bertz CT molecular complexity index is 516. The van der Waals surface area contributed by atoms with Crippen molar-refractivity contribution in [3.63, 3.8) is 0 Å². The lowest BCUT2D eigenvalue weighted by atomic mass is 9.84. The van der Waals surface area contributed by atoms with E-state index in [0.717, 1.165) is 24.4 Å². The molecule has 1 aromatic carbocycles. The number of halogens is 1. The molecule has 0 aromatic heterocycles. The predicted molar refractivity (Wildman–Crippen MR) is 105 cm³/mol. The molecular formula is C20H33ClN2O2. The molecule has 5 heteroatoms. The fraction of sp³-hybridized carbons (Fsp3) is 0.650. The highest BCUT2D eigenvalue weighted by Gasteiger charge is 2.21. The molecule has 0 saturated carbocycles. The smallest absolute Gasteiger partial charge is 0.220 e. The van der Waals surface area contributed by atoms with Gasteiger partial charge in [0.1, 0.15) is 5.75 Å². The maximum absolute atomic E-state index is 12.2. The topological polar surface area (TPSA) is 50.4 Å². The van der Waals surface area contributed by atoms with Crippen molar-refractivity contribution in [2.24, 2.45) is 17.8 Å². The number of amides is 1. The van der Waals surface area contributed by atoms with Crippen molar-refractivity contribution >= 4 is 18.3 Å². The van der Waals surface area contributed by atoms with Crippen molar-refractivity contribution in [3.05, 3.63) is 29.8 Å². The van der Waals surface area contributed by atoms with E-state index in [4.69, 9.17) is 4.74 Å². The second-order valence-electron chi connectivity index (χ2n) is 7.40. The summed E-state index contributed by atoms with van der Waals surface area (Å²) in [5.41, 5.74) is 1.08. The van der Waals surface area contributed by atoms with Gasteiger partial charge < -0.3 is 15.4 Å². The molecule has 142 valence electrons. The third-order valence-corrected chi connectivity index (χ3v) is 4.67. The van der Waals surface area contributed by atoms with Gasteiger partial charge in [0.05, 0.1) is 6.61 Å². The van der Waals surface area contributed by atoms with Gasteiger partial charge in [0.15, 0.2) is 0 Å². The Kier molecular flexibility index (Phi) is 9.91. The minimum Gasteiger partial charge on any atom is -0.493 e. The summed E-state index contributed by atoms with van der Waals surface area (Å²) in [6.07, 6.45) is 2.99. The summed E-state index contributed by atoms with van der Waals surface area (Å²) in [4.78, 5) is 12.2. The number of nitrogens with one attached hydrogen (secondary N) is 2. The van der Waals surface area contributed by atoms with Crippen LogP contribution in [-0.2, 0) is 11.3 Å². The minimum absolute atomic E-state index is 0. The van der Waals surface area contributed by atoms with Crippen molar-refractivity contribution in [2.45, 2.75) is 46.6 Å². The summed E-state index contributed by atoms with van der Waals surface area (Å²) in [7, 11) is 0. The van der Waals surface area contributed by atoms with E-state index in [0.29, 0.717) is 37.3 Å². The van der Waals surface area contributed by atoms with Crippen LogP contribution in [-0.4, -0.2) is 25.6 Å². The maximum Gasteiger partial charge on any atom is 0.220 e. The number of carbonyl (C=O) groups is 1. The second-order valence-corrected chi connectivity index (χ2v) is 7.40. The molecule has 0 aliphatic carbocycles. The van der Waals surface area contributed by atoms with E-state index in [1.165, 1.54) is 12.8 Å². The summed E-state index contributed by atoms with van der Waals surface area (Å²) < 4.78 is 5.74.